The smallest absolute Gasteiger partial charge is 0.252 e. The van der Waals surface area contributed by atoms with Crippen LogP contribution in [0.2, 0.25) is 0 Å². The van der Waals surface area contributed by atoms with Gasteiger partial charge in [0.1, 0.15) is 11.5 Å². The van der Waals surface area contributed by atoms with Gasteiger partial charge in [-0.2, -0.15) is 0 Å². The van der Waals surface area contributed by atoms with Crippen LogP contribution >= 0.6 is 11.3 Å². The number of benzene rings is 7. The molecule has 0 radical (unpaired) electrons. The second kappa shape index (κ2) is 10.7. The molecule has 7 aromatic carbocycles. The lowest BCUT2D eigenvalue weighted by Crippen LogP contribution is -2.54. The summed E-state index contributed by atoms with van der Waals surface area (Å²) in [7, 11) is 0. The number of ether oxygens (including phenoxy) is 1. The van der Waals surface area contributed by atoms with Crippen molar-refractivity contribution in [1.29, 1.82) is 0 Å². The van der Waals surface area contributed by atoms with E-state index in [1.54, 1.807) is 0 Å². The molecule has 1 aromatic heterocycles. The Balaban J connectivity index is 1.42. The van der Waals surface area contributed by atoms with E-state index in [2.05, 4.69) is 164 Å². The second-order valence-electron chi connectivity index (χ2n) is 11.7. The highest BCUT2D eigenvalue weighted by Crippen LogP contribution is 2.44. The molecule has 9 rings (SSSR count). The van der Waals surface area contributed by atoms with E-state index in [1.807, 2.05) is 11.3 Å². The van der Waals surface area contributed by atoms with E-state index in [4.69, 9.17) is 4.74 Å². The lowest BCUT2D eigenvalue weighted by atomic mass is 9.35. The molecule has 45 heavy (non-hydrogen) atoms. The topological polar surface area (TPSA) is 9.23 Å². The molecule has 0 saturated heterocycles. The minimum atomic E-state index is 0.0409. The third kappa shape index (κ3) is 4.39. The molecular weight excluding hydrogens is 563 g/mol. The fourth-order valence-electron chi connectivity index (χ4n) is 6.89. The quantitative estimate of drug-likeness (QED) is 0.186. The summed E-state index contributed by atoms with van der Waals surface area (Å²) in [6.07, 6.45) is 0. The molecular formula is C42H27BOS. The second-order valence-corrected chi connectivity index (χ2v) is 12.7. The Morgan fingerprint density at radius 1 is 0.378 bits per heavy atom. The Bertz CT molecular complexity index is 2300. The summed E-state index contributed by atoms with van der Waals surface area (Å²) in [6, 6.07) is 59.0. The summed E-state index contributed by atoms with van der Waals surface area (Å²) in [5.41, 5.74) is 11.1. The molecule has 2 heterocycles. The van der Waals surface area contributed by atoms with Crippen molar-refractivity contribution in [3.05, 3.63) is 164 Å². The minimum absolute atomic E-state index is 0.0409. The number of para-hydroxylation sites is 2. The molecule has 210 valence electrons. The van der Waals surface area contributed by atoms with Crippen molar-refractivity contribution < 1.29 is 4.74 Å². The van der Waals surface area contributed by atoms with Crippen LogP contribution in [0, 0.1) is 0 Å². The van der Waals surface area contributed by atoms with Gasteiger partial charge in [0.25, 0.3) is 6.71 Å². The molecule has 0 unspecified atom stereocenters. The zero-order valence-corrected chi connectivity index (χ0v) is 25.3. The number of fused-ring (bicyclic) bond motifs is 5. The molecule has 0 atom stereocenters. The average molecular weight is 591 g/mol. The summed E-state index contributed by atoms with van der Waals surface area (Å²) < 4.78 is 9.10. The van der Waals surface area contributed by atoms with Crippen LogP contribution in [0.15, 0.2) is 164 Å². The fourth-order valence-corrected chi connectivity index (χ4v) is 8.24. The maximum atomic E-state index is 6.46. The minimum Gasteiger partial charge on any atom is -0.458 e. The van der Waals surface area contributed by atoms with Crippen LogP contribution in [0.3, 0.4) is 0 Å². The van der Waals surface area contributed by atoms with Crippen molar-refractivity contribution in [3.8, 4) is 44.9 Å². The van der Waals surface area contributed by atoms with Crippen LogP contribution in [0.1, 0.15) is 0 Å². The Hall–Kier alpha value is -5.38. The van der Waals surface area contributed by atoms with Gasteiger partial charge in [-0.05, 0) is 69.1 Å². The van der Waals surface area contributed by atoms with Crippen LogP contribution in [0.5, 0.6) is 11.5 Å². The first-order chi connectivity index (χ1) is 22.3. The highest BCUT2D eigenvalue weighted by atomic mass is 32.1. The van der Waals surface area contributed by atoms with Crippen molar-refractivity contribution in [2.45, 2.75) is 0 Å². The van der Waals surface area contributed by atoms with Gasteiger partial charge in [-0.3, -0.25) is 0 Å². The molecule has 0 spiro atoms. The van der Waals surface area contributed by atoms with E-state index in [1.165, 1.54) is 69.9 Å². The third-order valence-corrected chi connectivity index (χ3v) is 10.3. The Morgan fingerprint density at radius 3 is 1.42 bits per heavy atom. The monoisotopic (exact) mass is 590 g/mol. The van der Waals surface area contributed by atoms with Crippen molar-refractivity contribution in [2.24, 2.45) is 0 Å². The van der Waals surface area contributed by atoms with Crippen LogP contribution in [-0.4, -0.2) is 6.71 Å². The average Bonchev–Trinajstić information content (AvgIpc) is 3.50. The molecule has 1 nitrogen and oxygen atoms in total. The SMILES string of the molecule is c1ccc(-c2cc(B3c4ccccc4Oc4ccccc43)c3sc4c(-c5ccccc5)cc(-c5ccccc5)cc4c3c2)cc1. The van der Waals surface area contributed by atoms with Crippen molar-refractivity contribution >= 4 is 54.6 Å². The van der Waals surface area contributed by atoms with Gasteiger partial charge in [-0.15, -0.1) is 11.3 Å². The molecule has 0 aliphatic carbocycles. The van der Waals surface area contributed by atoms with Crippen LogP contribution in [-0.2, 0) is 0 Å². The summed E-state index contributed by atoms with van der Waals surface area (Å²) in [5.74, 6) is 1.86. The first kappa shape index (κ1) is 26.1. The zero-order chi connectivity index (χ0) is 29.7. The molecule has 8 aromatic rings. The largest absolute Gasteiger partial charge is 0.458 e. The number of rotatable bonds is 4. The molecule has 1 aliphatic heterocycles. The summed E-state index contributed by atoms with van der Waals surface area (Å²) >= 11 is 1.92. The molecule has 3 heteroatoms. The van der Waals surface area contributed by atoms with E-state index in [-0.39, 0.29) is 6.71 Å². The number of thiophene rings is 1. The predicted molar refractivity (Wildman–Crippen MR) is 193 cm³/mol. The van der Waals surface area contributed by atoms with Crippen molar-refractivity contribution in [2.75, 3.05) is 0 Å². The summed E-state index contributed by atoms with van der Waals surface area (Å²) in [4.78, 5) is 0. The van der Waals surface area contributed by atoms with Gasteiger partial charge >= 0.3 is 0 Å². The molecule has 0 fully saturated rings. The van der Waals surface area contributed by atoms with Crippen LogP contribution in [0.4, 0.5) is 0 Å². The van der Waals surface area contributed by atoms with Crippen molar-refractivity contribution in [3.63, 3.8) is 0 Å². The van der Waals surface area contributed by atoms with E-state index < -0.39 is 0 Å². The van der Waals surface area contributed by atoms with Crippen LogP contribution < -0.4 is 21.1 Å². The Kier molecular flexibility index (Phi) is 6.17. The fraction of sp³-hybridized carbons (Fsp3) is 0. The first-order valence-corrected chi connectivity index (χ1v) is 16.2. The zero-order valence-electron chi connectivity index (χ0n) is 24.5. The maximum absolute atomic E-state index is 6.46. The van der Waals surface area contributed by atoms with E-state index in [0.29, 0.717) is 0 Å². The van der Waals surface area contributed by atoms with Crippen LogP contribution in [0.25, 0.3) is 53.6 Å². The van der Waals surface area contributed by atoms with Gasteiger partial charge in [0.15, 0.2) is 0 Å². The third-order valence-electron chi connectivity index (χ3n) is 8.99. The van der Waals surface area contributed by atoms with E-state index in [9.17, 15) is 0 Å². The predicted octanol–water partition coefficient (Wildman–Crippen LogP) is 9.68. The van der Waals surface area contributed by atoms with Gasteiger partial charge in [-0.1, -0.05) is 139 Å². The standard InChI is InChI=1S/C42H27BOS/c1-4-14-28(15-5-1)31-24-33(30-18-8-3-9-19-30)41-34(25-31)35-26-32(29-16-6-2-7-17-29)27-38(42(35)45-41)43-36-20-10-12-22-39(36)44-40-23-13-11-21-37(40)43/h1-27H. The van der Waals surface area contributed by atoms with Gasteiger partial charge in [0, 0.05) is 25.7 Å². The van der Waals surface area contributed by atoms with Gasteiger partial charge in [0.05, 0.1) is 0 Å². The molecule has 0 saturated carbocycles. The summed E-state index contributed by atoms with van der Waals surface area (Å²) in [5, 5.41) is 2.59. The van der Waals surface area contributed by atoms with Crippen molar-refractivity contribution in [1.82, 2.24) is 0 Å². The molecule has 0 amide bonds. The van der Waals surface area contributed by atoms with E-state index >= 15 is 0 Å². The number of hydrogen-bond donors (Lipinski definition) is 0. The lowest BCUT2D eigenvalue weighted by Gasteiger charge is -2.27. The lowest BCUT2D eigenvalue weighted by molar-refractivity contribution is 0.487. The van der Waals surface area contributed by atoms with Gasteiger partial charge < -0.3 is 4.74 Å². The maximum Gasteiger partial charge on any atom is 0.252 e. The molecule has 0 N–H and O–H groups in total. The molecule has 1 aliphatic rings. The Labute approximate surface area is 267 Å². The number of hydrogen-bond acceptors (Lipinski definition) is 2. The highest BCUT2D eigenvalue weighted by molar-refractivity contribution is 7.28. The van der Waals surface area contributed by atoms with Gasteiger partial charge in [-0.25, -0.2) is 0 Å². The Morgan fingerprint density at radius 2 is 0.844 bits per heavy atom. The first-order valence-electron chi connectivity index (χ1n) is 15.4. The van der Waals surface area contributed by atoms with Gasteiger partial charge in [0.2, 0.25) is 0 Å². The highest BCUT2D eigenvalue weighted by Gasteiger charge is 2.34. The normalized spacial score (nSPS) is 12.1. The van der Waals surface area contributed by atoms with E-state index in [0.717, 1.165) is 11.5 Å². The molecule has 0 bridgehead atoms. The summed E-state index contributed by atoms with van der Waals surface area (Å²) in [6.45, 7) is 0.0409.